The Labute approximate surface area is 166 Å². The highest BCUT2D eigenvalue weighted by molar-refractivity contribution is 6.42. The molecule has 0 radical (unpaired) electrons. The van der Waals surface area contributed by atoms with Crippen LogP contribution in [0.2, 0.25) is 10.0 Å². The molecule has 2 aromatic carbocycles. The first kappa shape index (κ1) is 19.2. The molecule has 1 heterocycles. The normalized spacial score (nSPS) is 16.5. The fraction of sp³-hybridized carbons (Fsp3) is 0.167. The van der Waals surface area contributed by atoms with Crippen molar-refractivity contribution in [3.8, 4) is 0 Å². The summed E-state index contributed by atoms with van der Waals surface area (Å²) in [5, 5.41) is 20.9. The van der Waals surface area contributed by atoms with E-state index in [-0.39, 0.29) is 6.61 Å². The lowest BCUT2D eigenvalue weighted by Crippen LogP contribution is -2.29. The van der Waals surface area contributed by atoms with Gasteiger partial charge in [-0.1, -0.05) is 53.5 Å². The molecule has 27 heavy (non-hydrogen) atoms. The lowest BCUT2D eigenvalue weighted by Gasteiger charge is -2.26. The van der Waals surface area contributed by atoms with Crippen molar-refractivity contribution >= 4 is 35.2 Å². The van der Waals surface area contributed by atoms with Crippen LogP contribution >= 0.6 is 23.2 Å². The van der Waals surface area contributed by atoms with E-state index in [9.17, 15) is 4.79 Å². The van der Waals surface area contributed by atoms with E-state index in [0.717, 1.165) is 22.8 Å². The van der Waals surface area contributed by atoms with Crippen LogP contribution in [0.1, 0.15) is 22.9 Å². The van der Waals surface area contributed by atoms with Gasteiger partial charge in [0.05, 0.1) is 10.0 Å². The number of carbonyl (C=O) groups is 1. The smallest absolute Gasteiger partial charge is 0.328 e. The zero-order chi connectivity index (χ0) is 19.4. The molecular formula is C18H16Cl2N4O3. The quantitative estimate of drug-likeness (QED) is 0.700. The van der Waals surface area contributed by atoms with Crippen molar-refractivity contribution < 1.29 is 14.7 Å². The molecule has 3 rings (SSSR count). The third-order valence-corrected chi connectivity index (χ3v) is 4.60. The maximum atomic E-state index is 10.9. The largest absolute Gasteiger partial charge is 0.478 e. The molecule has 0 aromatic heterocycles. The van der Waals surface area contributed by atoms with Gasteiger partial charge in [-0.2, -0.15) is 0 Å². The van der Waals surface area contributed by atoms with Crippen LogP contribution in [0.3, 0.4) is 0 Å². The molecule has 0 saturated heterocycles. The number of carboxylic acids is 1. The van der Waals surface area contributed by atoms with Crippen LogP contribution in [-0.4, -0.2) is 28.3 Å². The SMILES string of the molecule is CN1N=NN(OCc2ccc(Cl)c(Cl)c2)C1c1ccccc1C=CC(=O)O. The first-order valence-corrected chi connectivity index (χ1v) is 8.71. The van der Waals surface area contributed by atoms with Gasteiger partial charge in [0.15, 0.2) is 6.17 Å². The van der Waals surface area contributed by atoms with Crippen molar-refractivity contribution in [2.45, 2.75) is 12.8 Å². The Kier molecular flexibility index (Phi) is 5.95. The molecule has 1 atom stereocenters. The second-order valence-electron chi connectivity index (χ2n) is 5.75. The van der Waals surface area contributed by atoms with Crippen molar-refractivity contribution in [1.29, 1.82) is 0 Å². The van der Waals surface area contributed by atoms with E-state index in [1.165, 1.54) is 11.2 Å². The van der Waals surface area contributed by atoms with Crippen LogP contribution in [0.5, 0.6) is 0 Å². The van der Waals surface area contributed by atoms with Gasteiger partial charge in [-0.25, -0.2) is 14.6 Å². The average molecular weight is 407 g/mol. The summed E-state index contributed by atoms with van der Waals surface area (Å²) in [7, 11) is 1.76. The van der Waals surface area contributed by atoms with Crippen LogP contribution < -0.4 is 0 Å². The molecule has 0 fully saturated rings. The van der Waals surface area contributed by atoms with Gasteiger partial charge in [-0.05, 0) is 39.8 Å². The first-order valence-electron chi connectivity index (χ1n) is 7.96. The number of hydroxylamine groups is 1. The van der Waals surface area contributed by atoms with Crippen molar-refractivity contribution in [1.82, 2.24) is 10.2 Å². The molecule has 1 unspecified atom stereocenters. The molecule has 1 N–H and O–H groups in total. The monoisotopic (exact) mass is 406 g/mol. The Hall–Kier alpha value is -2.61. The second kappa shape index (κ2) is 8.39. The van der Waals surface area contributed by atoms with Crippen molar-refractivity contribution in [2.75, 3.05) is 7.05 Å². The van der Waals surface area contributed by atoms with Gasteiger partial charge < -0.3 is 5.11 Å². The van der Waals surface area contributed by atoms with Gasteiger partial charge in [0.1, 0.15) is 6.61 Å². The van der Waals surface area contributed by atoms with E-state index >= 15 is 0 Å². The van der Waals surface area contributed by atoms with Gasteiger partial charge in [0.25, 0.3) is 0 Å². The van der Waals surface area contributed by atoms with Gasteiger partial charge in [0.2, 0.25) is 0 Å². The highest BCUT2D eigenvalue weighted by Gasteiger charge is 2.31. The van der Waals surface area contributed by atoms with E-state index in [0.29, 0.717) is 10.0 Å². The number of hydrogen-bond acceptors (Lipinski definition) is 6. The number of nitrogens with zero attached hydrogens (tertiary/aromatic N) is 4. The van der Waals surface area contributed by atoms with E-state index in [1.54, 1.807) is 24.2 Å². The molecule has 9 heteroatoms. The molecule has 2 aromatic rings. The number of rotatable bonds is 6. The number of benzene rings is 2. The molecule has 0 bridgehead atoms. The summed E-state index contributed by atoms with van der Waals surface area (Å²) in [4.78, 5) is 16.6. The summed E-state index contributed by atoms with van der Waals surface area (Å²) >= 11 is 12.0. The predicted octanol–water partition coefficient (Wildman–Crippen LogP) is 4.75. The molecule has 0 aliphatic carbocycles. The Balaban J connectivity index is 1.80. The third kappa shape index (κ3) is 4.57. The number of carboxylic acid groups (broad SMARTS) is 1. The van der Waals surface area contributed by atoms with Crippen LogP contribution in [-0.2, 0) is 16.2 Å². The minimum atomic E-state index is -1.02. The lowest BCUT2D eigenvalue weighted by molar-refractivity contribution is -0.207. The maximum Gasteiger partial charge on any atom is 0.328 e. The van der Waals surface area contributed by atoms with Gasteiger partial charge in [-0.15, -0.1) is 5.17 Å². The molecule has 1 aliphatic heterocycles. The lowest BCUT2D eigenvalue weighted by atomic mass is 10.0. The summed E-state index contributed by atoms with van der Waals surface area (Å²) < 4.78 is 0. The molecule has 7 nitrogen and oxygen atoms in total. The standard InChI is InChI=1S/C18H16Cl2N4O3/c1-23-18(14-5-3-2-4-13(14)7-9-17(25)26)24(22-21-23)27-11-12-6-8-15(19)16(20)10-12/h2-10,18H,11H2,1H3,(H,25,26). The Morgan fingerprint density at radius 2 is 2.00 bits per heavy atom. The van der Waals surface area contributed by atoms with E-state index in [4.69, 9.17) is 33.1 Å². The van der Waals surface area contributed by atoms with Crippen molar-refractivity contribution in [2.24, 2.45) is 10.4 Å². The van der Waals surface area contributed by atoms with E-state index in [2.05, 4.69) is 10.4 Å². The fourth-order valence-corrected chi connectivity index (χ4v) is 2.91. The zero-order valence-corrected chi connectivity index (χ0v) is 15.8. The third-order valence-electron chi connectivity index (χ3n) is 3.86. The maximum absolute atomic E-state index is 10.9. The average Bonchev–Trinajstić information content (AvgIpc) is 3.01. The minimum Gasteiger partial charge on any atom is -0.478 e. The number of aliphatic carboxylic acids is 1. The zero-order valence-electron chi connectivity index (χ0n) is 14.3. The predicted molar refractivity (Wildman–Crippen MR) is 102 cm³/mol. The topological polar surface area (TPSA) is 77.7 Å². The number of halogens is 2. The van der Waals surface area contributed by atoms with Crippen LogP contribution in [0.4, 0.5) is 0 Å². The number of hydrogen-bond donors (Lipinski definition) is 1. The minimum absolute atomic E-state index is 0.216. The molecule has 0 amide bonds. The van der Waals surface area contributed by atoms with E-state index in [1.807, 2.05) is 30.3 Å². The van der Waals surface area contributed by atoms with Crippen molar-refractivity contribution in [3.63, 3.8) is 0 Å². The summed E-state index contributed by atoms with van der Waals surface area (Å²) in [5.74, 6) is -1.02. The Morgan fingerprint density at radius 3 is 2.74 bits per heavy atom. The second-order valence-corrected chi connectivity index (χ2v) is 6.57. The molecule has 0 spiro atoms. The van der Waals surface area contributed by atoms with Crippen LogP contribution in [0.15, 0.2) is 59.0 Å². The summed E-state index contributed by atoms with van der Waals surface area (Å²) in [5.41, 5.74) is 2.36. The van der Waals surface area contributed by atoms with Gasteiger partial charge in [0, 0.05) is 18.7 Å². The highest BCUT2D eigenvalue weighted by Crippen LogP contribution is 2.33. The highest BCUT2D eigenvalue weighted by atomic mass is 35.5. The van der Waals surface area contributed by atoms with Gasteiger partial charge in [-0.3, -0.25) is 0 Å². The summed E-state index contributed by atoms with van der Waals surface area (Å²) in [6.07, 6.45) is 2.17. The van der Waals surface area contributed by atoms with E-state index < -0.39 is 12.1 Å². The van der Waals surface area contributed by atoms with Crippen LogP contribution in [0, 0.1) is 0 Å². The van der Waals surface area contributed by atoms with Gasteiger partial charge >= 0.3 is 5.97 Å². The molecule has 0 saturated carbocycles. The molecule has 140 valence electrons. The summed E-state index contributed by atoms with van der Waals surface area (Å²) in [6.45, 7) is 0.216. The first-order chi connectivity index (χ1) is 13.0. The van der Waals surface area contributed by atoms with Crippen molar-refractivity contribution in [3.05, 3.63) is 75.3 Å². The Bertz CT molecular complexity index is 904. The molecule has 1 aliphatic rings. The van der Waals surface area contributed by atoms with Crippen LogP contribution in [0.25, 0.3) is 6.08 Å². The Morgan fingerprint density at radius 1 is 1.22 bits per heavy atom. The fourth-order valence-electron chi connectivity index (χ4n) is 2.59. The summed E-state index contributed by atoms with van der Waals surface area (Å²) in [6, 6.07) is 12.6. The molecular weight excluding hydrogens is 391 g/mol.